The summed E-state index contributed by atoms with van der Waals surface area (Å²) in [6.07, 6.45) is 2.95. The Morgan fingerprint density at radius 1 is 1.30 bits per heavy atom. The summed E-state index contributed by atoms with van der Waals surface area (Å²) >= 11 is 1.76. The molecule has 2 aromatic heterocycles. The molecule has 0 radical (unpaired) electrons. The maximum Gasteiger partial charge on any atom is 0.142 e. The van der Waals surface area contributed by atoms with Crippen LogP contribution in [0, 0.1) is 19.8 Å². The van der Waals surface area contributed by atoms with Crippen LogP contribution in [0.3, 0.4) is 0 Å². The minimum Gasteiger partial charge on any atom is -0.315 e. The molecule has 0 aliphatic carbocycles. The average molecular weight is 289 g/mol. The van der Waals surface area contributed by atoms with Crippen LogP contribution in [0.4, 0.5) is 0 Å². The van der Waals surface area contributed by atoms with Crippen molar-refractivity contribution in [1.29, 1.82) is 0 Å². The van der Waals surface area contributed by atoms with Gasteiger partial charge in [-0.3, -0.25) is 4.98 Å². The van der Waals surface area contributed by atoms with Gasteiger partial charge in [0.15, 0.2) is 0 Å². The van der Waals surface area contributed by atoms with E-state index in [0.29, 0.717) is 5.92 Å². The molecule has 0 unspecified atom stereocenters. The highest BCUT2D eigenvalue weighted by Gasteiger charge is 2.15. The van der Waals surface area contributed by atoms with Crippen LogP contribution in [0.2, 0.25) is 0 Å². The lowest BCUT2D eigenvalue weighted by Crippen LogP contribution is -2.07. The fourth-order valence-corrected chi connectivity index (χ4v) is 3.43. The van der Waals surface area contributed by atoms with Gasteiger partial charge in [0.25, 0.3) is 0 Å². The van der Waals surface area contributed by atoms with Gasteiger partial charge in [-0.1, -0.05) is 19.9 Å². The SMILES string of the molecule is CNCc1sc(-c2ncc(C)cc2C)nc1CC(C)C. The zero-order valence-electron chi connectivity index (χ0n) is 12.9. The van der Waals surface area contributed by atoms with Crippen LogP contribution in [-0.4, -0.2) is 17.0 Å². The number of thiazole rings is 1. The first-order valence-corrected chi connectivity index (χ1v) is 7.89. The number of nitrogens with zero attached hydrogens (tertiary/aromatic N) is 2. The van der Waals surface area contributed by atoms with E-state index in [1.165, 1.54) is 21.7 Å². The molecule has 0 aromatic carbocycles. The molecule has 0 aliphatic rings. The third-order valence-electron chi connectivity index (χ3n) is 3.13. The topological polar surface area (TPSA) is 37.8 Å². The molecule has 0 atom stereocenters. The standard InChI is InChI=1S/C16H23N3S/c1-10(2)6-13-14(9-17-5)20-16(19-13)15-12(4)7-11(3)8-18-15/h7-8,10,17H,6,9H2,1-5H3. The maximum absolute atomic E-state index is 4.85. The monoisotopic (exact) mass is 289 g/mol. The third-order valence-corrected chi connectivity index (χ3v) is 4.24. The minimum atomic E-state index is 0.618. The number of rotatable bonds is 5. The van der Waals surface area contributed by atoms with E-state index in [4.69, 9.17) is 4.98 Å². The molecular weight excluding hydrogens is 266 g/mol. The largest absolute Gasteiger partial charge is 0.315 e. The van der Waals surface area contributed by atoms with Crippen LogP contribution in [0.15, 0.2) is 12.3 Å². The highest BCUT2D eigenvalue weighted by Crippen LogP contribution is 2.30. The Kier molecular flexibility index (Phi) is 4.89. The molecule has 4 heteroatoms. The number of aromatic nitrogens is 2. The molecule has 0 spiro atoms. The van der Waals surface area contributed by atoms with E-state index in [2.05, 4.69) is 44.1 Å². The molecule has 0 fully saturated rings. The Balaban J connectivity index is 2.41. The van der Waals surface area contributed by atoms with Gasteiger partial charge >= 0.3 is 0 Å². The lowest BCUT2D eigenvalue weighted by molar-refractivity contribution is 0.631. The molecule has 0 saturated heterocycles. The number of aryl methyl sites for hydroxylation is 2. The summed E-state index contributed by atoms with van der Waals surface area (Å²) in [6, 6.07) is 2.17. The Morgan fingerprint density at radius 3 is 2.65 bits per heavy atom. The first-order chi connectivity index (χ1) is 9.51. The van der Waals surface area contributed by atoms with Crippen molar-refractivity contribution in [3.63, 3.8) is 0 Å². The fraction of sp³-hybridized carbons (Fsp3) is 0.500. The van der Waals surface area contributed by atoms with Crippen molar-refractivity contribution in [3.8, 4) is 10.7 Å². The van der Waals surface area contributed by atoms with E-state index >= 15 is 0 Å². The van der Waals surface area contributed by atoms with Gasteiger partial charge < -0.3 is 5.32 Å². The van der Waals surface area contributed by atoms with Crippen LogP contribution in [-0.2, 0) is 13.0 Å². The van der Waals surface area contributed by atoms with Gasteiger partial charge in [0.2, 0.25) is 0 Å². The molecule has 0 bridgehead atoms. The molecule has 2 aromatic rings. The first kappa shape index (κ1) is 15.1. The van der Waals surface area contributed by atoms with E-state index in [1.807, 2.05) is 13.2 Å². The van der Waals surface area contributed by atoms with Gasteiger partial charge in [-0.2, -0.15) is 0 Å². The van der Waals surface area contributed by atoms with E-state index in [9.17, 15) is 0 Å². The normalized spacial score (nSPS) is 11.3. The average Bonchev–Trinajstić information content (AvgIpc) is 2.72. The van der Waals surface area contributed by atoms with E-state index in [-0.39, 0.29) is 0 Å². The predicted molar refractivity (Wildman–Crippen MR) is 86.1 cm³/mol. The maximum atomic E-state index is 4.85. The zero-order chi connectivity index (χ0) is 14.7. The van der Waals surface area contributed by atoms with Crippen LogP contribution >= 0.6 is 11.3 Å². The van der Waals surface area contributed by atoms with E-state index in [0.717, 1.165) is 23.7 Å². The van der Waals surface area contributed by atoms with Crippen molar-refractivity contribution in [2.24, 2.45) is 5.92 Å². The minimum absolute atomic E-state index is 0.618. The lowest BCUT2D eigenvalue weighted by atomic mass is 10.1. The van der Waals surface area contributed by atoms with Crippen LogP contribution in [0.25, 0.3) is 10.7 Å². The quantitative estimate of drug-likeness (QED) is 0.911. The molecule has 0 aliphatic heterocycles. The van der Waals surface area contributed by atoms with Crippen molar-refractivity contribution in [2.75, 3.05) is 7.05 Å². The van der Waals surface area contributed by atoms with Gasteiger partial charge in [-0.15, -0.1) is 11.3 Å². The number of pyridine rings is 1. The Hall–Kier alpha value is -1.26. The molecule has 2 heterocycles. The van der Waals surface area contributed by atoms with E-state index < -0.39 is 0 Å². The van der Waals surface area contributed by atoms with E-state index in [1.54, 1.807) is 11.3 Å². The number of hydrogen-bond acceptors (Lipinski definition) is 4. The highest BCUT2D eigenvalue weighted by atomic mass is 32.1. The van der Waals surface area contributed by atoms with Gasteiger partial charge in [0.1, 0.15) is 10.7 Å². The van der Waals surface area contributed by atoms with Crippen molar-refractivity contribution < 1.29 is 0 Å². The molecule has 20 heavy (non-hydrogen) atoms. The molecular formula is C16H23N3S. The predicted octanol–water partition coefficient (Wildman–Crippen LogP) is 3.74. The smallest absolute Gasteiger partial charge is 0.142 e. The fourth-order valence-electron chi connectivity index (χ4n) is 2.27. The molecule has 2 rings (SSSR count). The summed E-state index contributed by atoms with van der Waals surface area (Å²) < 4.78 is 0. The molecule has 3 nitrogen and oxygen atoms in total. The Morgan fingerprint density at radius 2 is 2.05 bits per heavy atom. The summed E-state index contributed by atoms with van der Waals surface area (Å²) in [7, 11) is 1.98. The third kappa shape index (κ3) is 3.44. The van der Waals surface area contributed by atoms with Gasteiger partial charge in [0.05, 0.1) is 5.69 Å². The highest BCUT2D eigenvalue weighted by molar-refractivity contribution is 7.15. The van der Waals surface area contributed by atoms with Crippen molar-refractivity contribution in [1.82, 2.24) is 15.3 Å². The summed E-state index contributed by atoms with van der Waals surface area (Å²) in [5.74, 6) is 0.618. The Bertz CT molecular complexity index is 587. The number of hydrogen-bond donors (Lipinski definition) is 1. The second-order valence-corrected chi connectivity index (χ2v) is 6.78. The van der Waals surface area contributed by atoms with Gasteiger partial charge in [-0.25, -0.2) is 4.98 Å². The van der Waals surface area contributed by atoms with Gasteiger partial charge in [0, 0.05) is 17.6 Å². The van der Waals surface area contributed by atoms with Crippen LogP contribution in [0.5, 0.6) is 0 Å². The summed E-state index contributed by atoms with van der Waals surface area (Å²) in [5, 5.41) is 4.28. The second kappa shape index (κ2) is 6.46. The molecule has 1 N–H and O–H groups in total. The molecule has 0 saturated carbocycles. The zero-order valence-corrected chi connectivity index (χ0v) is 13.8. The van der Waals surface area contributed by atoms with Crippen LogP contribution < -0.4 is 5.32 Å². The lowest BCUT2D eigenvalue weighted by Gasteiger charge is -2.04. The van der Waals surface area contributed by atoms with Crippen molar-refractivity contribution in [3.05, 3.63) is 34.0 Å². The summed E-state index contributed by atoms with van der Waals surface area (Å²) in [5.41, 5.74) is 4.63. The summed E-state index contributed by atoms with van der Waals surface area (Å²) in [4.78, 5) is 10.7. The van der Waals surface area contributed by atoms with Crippen molar-refractivity contribution >= 4 is 11.3 Å². The van der Waals surface area contributed by atoms with Gasteiger partial charge in [-0.05, 0) is 44.4 Å². The first-order valence-electron chi connectivity index (χ1n) is 7.08. The second-order valence-electron chi connectivity index (χ2n) is 5.70. The number of nitrogens with one attached hydrogen (secondary N) is 1. The molecule has 108 valence electrons. The summed E-state index contributed by atoms with van der Waals surface area (Å²) in [6.45, 7) is 9.53. The van der Waals surface area contributed by atoms with Crippen molar-refractivity contribution in [2.45, 2.75) is 40.7 Å². The van der Waals surface area contributed by atoms with Crippen LogP contribution in [0.1, 0.15) is 35.5 Å². The molecule has 0 amide bonds. The Labute approximate surface area is 125 Å².